The standard InChI is InChI=1S/C10H13NO/c1-11-6-8-4-7-2-3-9(12)5-10(7)8/h2-3,5,8,11-12H,4,6H2,1H3. The van der Waals surface area contributed by atoms with Gasteiger partial charge < -0.3 is 10.4 Å². The van der Waals surface area contributed by atoms with E-state index >= 15 is 0 Å². The Morgan fingerprint density at radius 3 is 3.17 bits per heavy atom. The van der Waals surface area contributed by atoms with Gasteiger partial charge in [0.1, 0.15) is 5.75 Å². The third-order valence-corrected chi connectivity index (χ3v) is 2.49. The van der Waals surface area contributed by atoms with Gasteiger partial charge in [-0.1, -0.05) is 6.07 Å². The third-order valence-electron chi connectivity index (χ3n) is 2.49. The maximum Gasteiger partial charge on any atom is 0.115 e. The summed E-state index contributed by atoms with van der Waals surface area (Å²) in [4.78, 5) is 0. The van der Waals surface area contributed by atoms with Crippen molar-refractivity contribution in [3.05, 3.63) is 29.3 Å². The van der Waals surface area contributed by atoms with E-state index in [9.17, 15) is 5.11 Å². The van der Waals surface area contributed by atoms with E-state index in [0.29, 0.717) is 11.7 Å². The van der Waals surface area contributed by atoms with E-state index in [1.807, 2.05) is 19.2 Å². The van der Waals surface area contributed by atoms with Crippen LogP contribution in [-0.4, -0.2) is 18.7 Å². The zero-order chi connectivity index (χ0) is 8.55. The van der Waals surface area contributed by atoms with Crippen molar-refractivity contribution in [1.82, 2.24) is 5.32 Å². The highest BCUT2D eigenvalue weighted by molar-refractivity contribution is 5.44. The van der Waals surface area contributed by atoms with E-state index in [1.165, 1.54) is 11.1 Å². The summed E-state index contributed by atoms with van der Waals surface area (Å²) in [6.07, 6.45) is 1.15. The van der Waals surface area contributed by atoms with Crippen molar-refractivity contribution in [2.24, 2.45) is 0 Å². The summed E-state index contributed by atoms with van der Waals surface area (Å²) < 4.78 is 0. The fourth-order valence-corrected chi connectivity index (χ4v) is 1.82. The maximum absolute atomic E-state index is 9.24. The van der Waals surface area contributed by atoms with Crippen molar-refractivity contribution in [2.45, 2.75) is 12.3 Å². The van der Waals surface area contributed by atoms with Crippen molar-refractivity contribution in [1.29, 1.82) is 0 Å². The summed E-state index contributed by atoms with van der Waals surface area (Å²) in [5.74, 6) is 0.992. The minimum atomic E-state index is 0.384. The molecule has 0 spiro atoms. The molecule has 0 fully saturated rings. The average Bonchev–Trinajstić information content (AvgIpc) is 2.05. The number of fused-ring (bicyclic) bond motifs is 1. The molecule has 1 atom stereocenters. The number of hydrogen-bond donors (Lipinski definition) is 2. The molecular formula is C10H13NO. The number of benzene rings is 1. The monoisotopic (exact) mass is 163 g/mol. The van der Waals surface area contributed by atoms with Gasteiger partial charge in [-0.25, -0.2) is 0 Å². The van der Waals surface area contributed by atoms with Gasteiger partial charge in [0.25, 0.3) is 0 Å². The fraction of sp³-hybridized carbons (Fsp3) is 0.400. The van der Waals surface area contributed by atoms with Gasteiger partial charge in [-0.3, -0.25) is 0 Å². The molecule has 2 nitrogen and oxygen atoms in total. The van der Waals surface area contributed by atoms with Crippen molar-refractivity contribution < 1.29 is 5.11 Å². The molecule has 1 aromatic rings. The summed E-state index contributed by atoms with van der Waals surface area (Å²) in [5.41, 5.74) is 2.69. The highest BCUT2D eigenvalue weighted by Gasteiger charge is 2.25. The van der Waals surface area contributed by atoms with Gasteiger partial charge in [0.15, 0.2) is 0 Å². The summed E-state index contributed by atoms with van der Waals surface area (Å²) in [6, 6.07) is 5.64. The Morgan fingerprint density at radius 1 is 1.58 bits per heavy atom. The summed E-state index contributed by atoms with van der Waals surface area (Å²) >= 11 is 0. The van der Waals surface area contributed by atoms with Gasteiger partial charge in [-0.05, 0) is 36.7 Å². The first-order valence-corrected chi connectivity index (χ1v) is 4.27. The molecule has 1 unspecified atom stereocenters. The Hall–Kier alpha value is -1.02. The topological polar surface area (TPSA) is 32.3 Å². The molecule has 0 saturated carbocycles. The molecule has 0 bridgehead atoms. The Kier molecular flexibility index (Phi) is 1.77. The Labute approximate surface area is 72.2 Å². The van der Waals surface area contributed by atoms with Gasteiger partial charge in [0.2, 0.25) is 0 Å². The SMILES string of the molecule is CNCC1Cc2ccc(O)cc21. The molecule has 12 heavy (non-hydrogen) atoms. The van der Waals surface area contributed by atoms with Crippen LogP contribution in [0.25, 0.3) is 0 Å². The second-order valence-corrected chi connectivity index (χ2v) is 3.34. The lowest BCUT2D eigenvalue weighted by Gasteiger charge is -2.29. The zero-order valence-electron chi connectivity index (χ0n) is 7.17. The van der Waals surface area contributed by atoms with Crippen molar-refractivity contribution in [3.8, 4) is 5.75 Å². The molecule has 1 aromatic carbocycles. The van der Waals surface area contributed by atoms with Crippen LogP contribution in [0.5, 0.6) is 5.75 Å². The van der Waals surface area contributed by atoms with Crippen molar-refractivity contribution in [2.75, 3.05) is 13.6 Å². The molecule has 0 heterocycles. The van der Waals surface area contributed by atoms with Gasteiger partial charge in [-0.15, -0.1) is 0 Å². The van der Waals surface area contributed by atoms with Crippen LogP contribution in [-0.2, 0) is 6.42 Å². The number of rotatable bonds is 2. The molecule has 2 heteroatoms. The number of phenols is 1. The predicted molar refractivity (Wildman–Crippen MR) is 48.5 cm³/mol. The lowest BCUT2D eigenvalue weighted by Crippen LogP contribution is -2.26. The molecule has 2 rings (SSSR count). The average molecular weight is 163 g/mol. The van der Waals surface area contributed by atoms with Crippen LogP contribution in [0, 0.1) is 0 Å². The summed E-state index contributed by atoms with van der Waals surface area (Å²) in [7, 11) is 1.96. The van der Waals surface area contributed by atoms with E-state index in [2.05, 4.69) is 5.32 Å². The summed E-state index contributed by atoms with van der Waals surface area (Å²) in [6.45, 7) is 1.01. The number of likely N-dealkylation sites (N-methyl/N-ethyl adjacent to an activating group) is 1. The number of aromatic hydroxyl groups is 1. The first-order valence-electron chi connectivity index (χ1n) is 4.27. The van der Waals surface area contributed by atoms with E-state index in [0.717, 1.165) is 13.0 Å². The highest BCUT2D eigenvalue weighted by atomic mass is 16.3. The van der Waals surface area contributed by atoms with E-state index < -0.39 is 0 Å². The van der Waals surface area contributed by atoms with Crippen LogP contribution in [0.3, 0.4) is 0 Å². The Morgan fingerprint density at radius 2 is 2.42 bits per heavy atom. The molecule has 1 aliphatic rings. The highest BCUT2D eigenvalue weighted by Crippen LogP contribution is 2.36. The van der Waals surface area contributed by atoms with Crippen LogP contribution in [0.4, 0.5) is 0 Å². The van der Waals surface area contributed by atoms with Crippen LogP contribution in [0.1, 0.15) is 17.0 Å². The molecule has 64 valence electrons. The van der Waals surface area contributed by atoms with Crippen molar-refractivity contribution in [3.63, 3.8) is 0 Å². The largest absolute Gasteiger partial charge is 0.508 e. The molecule has 2 N–H and O–H groups in total. The van der Waals surface area contributed by atoms with Gasteiger partial charge in [0, 0.05) is 12.5 Å². The van der Waals surface area contributed by atoms with Gasteiger partial charge >= 0.3 is 0 Å². The second-order valence-electron chi connectivity index (χ2n) is 3.34. The molecule has 0 aliphatic heterocycles. The minimum absolute atomic E-state index is 0.384. The van der Waals surface area contributed by atoms with Gasteiger partial charge in [0.05, 0.1) is 0 Å². The maximum atomic E-state index is 9.24. The number of nitrogens with one attached hydrogen (secondary N) is 1. The quantitative estimate of drug-likeness (QED) is 0.687. The van der Waals surface area contributed by atoms with Crippen molar-refractivity contribution >= 4 is 0 Å². The molecule has 0 saturated heterocycles. The third kappa shape index (κ3) is 1.08. The number of phenolic OH excluding ortho intramolecular Hbond substituents is 1. The van der Waals surface area contributed by atoms with Crippen LogP contribution >= 0.6 is 0 Å². The second kappa shape index (κ2) is 2.79. The lowest BCUT2D eigenvalue weighted by molar-refractivity contribution is 0.469. The normalized spacial score (nSPS) is 19.9. The fourth-order valence-electron chi connectivity index (χ4n) is 1.82. The number of hydrogen-bond acceptors (Lipinski definition) is 2. The predicted octanol–water partition coefficient (Wildman–Crippen LogP) is 1.25. The first kappa shape index (κ1) is 7.62. The molecular weight excluding hydrogens is 150 g/mol. The molecule has 0 amide bonds. The first-order chi connectivity index (χ1) is 5.81. The molecule has 0 radical (unpaired) electrons. The Balaban J connectivity index is 2.22. The van der Waals surface area contributed by atoms with E-state index in [1.54, 1.807) is 6.07 Å². The summed E-state index contributed by atoms with van der Waals surface area (Å²) in [5, 5.41) is 12.4. The lowest BCUT2D eigenvalue weighted by atomic mass is 9.77. The van der Waals surface area contributed by atoms with Crippen LogP contribution < -0.4 is 5.32 Å². The Bertz CT molecular complexity index is 296. The molecule has 1 aliphatic carbocycles. The minimum Gasteiger partial charge on any atom is -0.508 e. The van der Waals surface area contributed by atoms with Crippen LogP contribution in [0.15, 0.2) is 18.2 Å². The van der Waals surface area contributed by atoms with E-state index in [4.69, 9.17) is 0 Å². The van der Waals surface area contributed by atoms with Gasteiger partial charge in [-0.2, -0.15) is 0 Å². The molecule has 0 aromatic heterocycles. The van der Waals surface area contributed by atoms with Crippen LogP contribution in [0.2, 0.25) is 0 Å². The zero-order valence-corrected chi connectivity index (χ0v) is 7.17. The van der Waals surface area contributed by atoms with E-state index in [-0.39, 0.29) is 0 Å². The smallest absolute Gasteiger partial charge is 0.115 e.